The van der Waals surface area contributed by atoms with E-state index in [0.29, 0.717) is 0 Å². The monoisotopic (exact) mass is 399 g/mol. The number of anilines is 1. The molecule has 148 valence electrons. The average Bonchev–Trinajstić information content (AvgIpc) is 2.68. The topological polar surface area (TPSA) is 69.7 Å². The third kappa shape index (κ3) is 3.87. The largest absolute Gasteiger partial charge is 0.322 e. The molecule has 2 aromatic carbocycles. The van der Waals surface area contributed by atoms with Crippen LogP contribution in [0.2, 0.25) is 0 Å². The fourth-order valence-electron chi connectivity index (χ4n) is 3.40. The average molecular weight is 400 g/mol. The third-order valence-corrected chi connectivity index (χ3v) is 6.82. The van der Waals surface area contributed by atoms with Crippen molar-refractivity contribution in [2.24, 2.45) is 0 Å². The number of fused-ring (bicyclic) bond motifs is 1. The number of benzene rings is 2. The molecule has 0 fully saturated rings. The zero-order valence-electron chi connectivity index (χ0n) is 16.4. The van der Waals surface area contributed by atoms with E-state index in [1.165, 1.54) is 30.0 Å². The van der Waals surface area contributed by atoms with Crippen LogP contribution >= 0.6 is 0 Å². The molecule has 0 aromatic heterocycles. The Morgan fingerprint density at radius 1 is 1.14 bits per heavy atom. The fraction of sp³-hybridized carbons (Fsp3) is 0.286. The molecule has 1 heterocycles. The fourth-order valence-corrected chi connectivity index (χ4v) is 4.30. The van der Waals surface area contributed by atoms with E-state index in [0.717, 1.165) is 41.9 Å². The number of carbonyl (C=O) groups is 1. The molecule has 1 N–H and O–H groups in total. The molecular formula is C21H25N3O3S. The molecule has 1 amide bonds. The quantitative estimate of drug-likeness (QED) is 0.785. The first-order valence-corrected chi connectivity index (χ1v) is 10.5. The molecule has 0 saturated heterocycles. The van der Waals surface area contributed by atoms with E-state index in [-0.39, 0.29) is 10.8 Å². The van der Waals surface area contributed by atoms with Crippen LogP contribution in [0.1, 0.15) is 11.1 Å². The van der Waals surface area contributed by atoms with Gasteiger partial charge >= 0.3 is 0 Å². The molecule has 2 aromatic rings. The van der Waals surface area contributed by atoms with Crippen LogP contribution in [-0.2, 0) is 27.8 Å². The Labute approximate surface area is 166 Å². The van der Waals surface area contributed by atoms with E-state index in [2.05, 4.69) is 23.8 Å². The summed E-state index contributed by atoms with van der Waals surface area (Å²) in [5.41, 5.74) is 5.09. The molecule has 7 heteroatoms. The molecule has 0 radical (unpaired) electrons. The van der Waals surface area contributed by atoms with Crippen LogP contribution < -0.4 is 5.32 Å². The van der Waals surface area contributed by atoms with Gasteiger partial charge in [-0.25, -0.2) is 12.7 Å². The van der Waals surface area contributed by atoms with Gasteiger partial charge in [0.25, 0.3) is 0 Å². The Bertz CT molecular complexity index is 1010. The summed E-state index contributed by atoms with van der Waals surface area (Å²) in [4.78, 5) is 14.3. The van der Waals surface area contributed by atoms with E-state index in [9.17, 15) is 13.2 Å². The van der Waals surface area contributed by atoms with E-state index in [1.807, 2.05) is 24.3 Å². The van der Waals surface area contributed by atoms with Crippen LogP contribution in [0.15, 0.2) is 53.9 Å². The molecule has 28 heavy (non-hydrogen) atoms. The van der Waals surface area contributed by atoms with Gasteiger partial charge in [0.15, 0.2) is 0 Å². The van der Waals surface area contributed by atoms with Crippen LogP contribution in [0, 0.1) is 0 Å². The number of hydrogen-bond acceptors (Lipinski definition) is 4. The summed E-state index contributed by atoms with van der Waals surface area (Å²) in [5, 5.41) is 2.89. The van der Waals surface area contributed by atoms with Crippen molar-refractivity contribution in [3.63, 3.8) is 0 Å². The maximum Gasteiger partial charge on any atom is 0.247 e. The molecule has 0 spiro atoms. The smallest absolute Gasteiger partial charge is 0.247 e. The van der Waals surface area contributed by atoms with E-state index < -0.39 is 10.0 Å². The van der Waals surface area contributed by atoms with Gasteiger partial charge in [0, 0.05) is 32.9 Å². The highest BCUT2D eigenvalue weighted by atomic mass is 32.2. The number of sulfonamides is 1. The second kappa shape index (κ2) is 7.87. The van der Waals surface area contributed by atoms with Gasteiger partial charge in [0.1, 0.15) is 0 Å². The Hall–Kier alpha value is -2.48. The summed E-state index contributed by atoms with van der Waals surface area (Å²) in [6.07, 6.45) is 2.12. The number of nitrogens with one attached hydrogen (secondary N) is 1. The number of hydrogen-bond donors (Lipinski definition) is 1. The Morgan fingerprint density at radius 3 is 2.43 bits per heavy atom. The predicted octanol–water partition coefficient (Wildman–Crippen LogP) is 2.72. The van der Waals surface area contributed by atoms with Crippen molar-refractivity contribution in [3.05, 3.63) is 60.2 Å². The van der Waals surface area contributed by atoms with E-state index in [1.54, 1.807) is 12.1 Å². The van der Waals surface area contributed by atoms with Gasteiger partial charge in [-0.2, -0.15) is 0 Å². The second-order valence-electron chi connectivity index (χ2n) is 7.11. The van der Waals surface area contributed by atoms with Crippen LogP contribution in [0.3, 0.4) is 0 Å². The number of rotatable bonds is 5. The molecule has 0 bridgehead atoms. The summed E-state index contributed by atoms with van der Waals surface area (Å²) >= 11 is 0. The lowest BCUT2D eigenvalue weighted by Crippen LogP contribution is -2.28. The molecule has 3 rings (SSSR count). The van der Waals surface area contributed by atoms with Crippen molar-refractivity contribution in [2.45, 2.75) is 17.9 Å². The molecule has 0 atom stereocenters. The summed E-state index contributed by atoms with van der Waals surface area (Å²) in [6, 6.07) is 10.8. The highest BCUT2D eigenvalue weighted by molar-refractivity contribution is 7.89. The van der Waals surface area contributed by atoms with E-state index >= 15 is 0 Å². The van der Waals surface area contributed by atoms with E-state index in [4.69, 9.17) is 0 Å². The maximum atomic E-state index is 12.3. The number of carbonyl (C=O) groups excluding carboxylic acids is 1. The third-order valence-electron chi connectivity index (χ3n) is 4.99. The van der Waals surface area contributed by atoms with Crippen molar-refractivity contribution in [2.75, 3.05) is 33.0 Å². The molecule has 0 aliphatic carbocycles. The first-order valence-electron chi connectivity index (χ1n) is 9.03. The second-order valence-corrected chi connectivity index (χ2v) is 9.26. The molecule has 0 saturated carbocycles. The van der Waals surface area contributed by atoms with Gasteiger partial charge in [-0.05, 0) is 60.0 Å². The molecule has 6 nitrogen and oxygen atoms in total. The van der Waals surface area contributed by atoms with Gasteiger partial charge in [0.05, 0.1) is 4.90 Å². The lowest BCUT2D eigenvalue weighted by Gasteiger charge is -2.29. The summed E-state index contributed by atoms with van der Waals surface area (Å²) in [5.74, 6) is -0.235. The Balaban J connectivity index is 2.04. The van der Waals surface area contributed by atoms with Crippen molar-refractivity contribution in [1.82, 2.24) is 9.21 Å². The van der Waals surface area contributed by atoms with Gasteiger partial charge in [-0.3, -0.25) is 4.79 Å². The van der Waals surface area contributed by atoms with Crippen molar-refractivity contribution in [1.29, 1.82) is 0 Å². The summed E-state index contributed by atoms with van der Waals surface area (Å²) in [7, 11) is 1.64. The van der Waals surface area contributed by atoms with Crippen LogP contribution in [-0.4, -0.2) is 51.2 Å². The van der Waals surface area contributed by atoms with Crippen LogP contribution in [0.25, 0.3) is 11.1 Å². The number of amides is 1. The zero-order chi connectivity index (χ0) is 20.5. The first kappa shape index (κ1) is 20.3. The lowest BCUT2D eigenvalue weighted by atomic mass is 9.89. The SMILES string of the molecule is C=CC(=O)Nc1ccc(-c2ccc(S(=O)(=O)N(C)C)cc2)c2c1CN(C)CC2. The van der Waals surface area contributed by atoms with Crippen LogP contribution in [0.4, 0.5) is 5.69 Å². The van der Waals surface area contributed by atoms with Gasteiger partial charge in [-0.1, -0.05) is 24.8 Å². The van der Waals surface area contributed by atoms with Gasteiger partial charge < -0.3 is 10.2 Å². The highest BCUT2D eigenvalue weighted by Crippen LogP contribution is 2.35. The number of likely N-dealkylation sites (N-methyl/N-ethyl adjacent to an activating group) is 1. The maximum absolute atomic E-state index is 12.3. The minimum Gasteiger partial charge on any atom is -0.322 e. The van der Waals surface area contributed by atoms with Crippen molar-refractivity contribution >= 4 is 21.6 Å². The summed E-state index contributed by atoms with van der Waals surface area (Å²) in [6.45, 7) is 5.18. The minimum atomic E-state index is -3.45. The normalized spacial score (nSPS) is 14.6. The molecule has 0 unspecified atom stereocenters. The standard InChI is InChI=1S/C21H25N3O3S/c1-5-21(25)22-20-11-10-17(18-12-13-24(4)14-19(18)20)15-6-8-16(9-7-15)28(26,27)23(2)3/h5-11H,1,12-14H2,2-4H3,(H,22,25). The number of nitrogens with zero attached hydrogens (tertiary/aromatic N) is 2. The molecule has 1 aliphatic heterocycles. The lowest BCUT2D eigenvalue weighted by molar-refractivity contribution is -0.111. The van der Waals surface area contributed by atoms with Crippen LogP contribution in [0.5, 0.6) is 0 Å². The Morgan fingerprint density at radius 2 is 1.82 bits per heavy atom. The summed E-state index contributed by atoms with van der Waals surface area (Å²) < 4.78 is 25.8. The Kier molecular flexibility index (Phi) is 5.69. The zero-order valence-corrected chi connectivity index (χ0v) is 17.2. The molecule has 1 aliphatic rings. The first-order chi connectivity index (χ1) is 13.2. The minimum absolute atomic E-state index is 0.235. The molecular weight excluding hydrogens is 374 g/mol. The predicted molar refractivity (Wildman–Crippen MR) is 112 cm³/mol. The van der Waals surface area contributed by atoms with Crippen molar-refractivity contribution in [3.8, 4) is 11.1 Å². The van der Waals surface area contributed by atoms with Gasteiger partial charge in [-0.15, -0.1) is 0 Å². The highest BCUT2D eigenvalue weighted by Gasteiger charge is 2.22. The van der Waals surface area contributed by atoms with Crippen molar-refractivity contribution < 1.29 is 13.2 Å². The van der Waals surface area contributed by atoms with Gasteiger partial charge in [0.2, 0.25) is 15.9 Å².